The Labute approximate surface area is 73.5 Å². The van der Waals surface area contributed by atoms with Gasteiger partial charge in [-0.25, -0.2) is 4.99 Å². The van der Waals surface area contributed by atoms with E-state index in [9.17, 15) is 9.59 Å². The van der Waals surface area contributed by atoms with Crippen LogP contribution >= 0.6 is 31.9 Å². The molecule has 0 N–H and O–H groups in total. The molecule has 0 aromatic carbocycles. The number of carbonyl (C=O) groups is 2. The van der Waals surface area contributed by atoms with E-state index in [0.29, 0.717) is 4.48 Å². The molecule has 10 heavy (non-hydrogen) atoms. The second-order valence-corrected chi connectivity index (χ2v) is 3.20. The maximum absolute atomic E-state index is 10.7. The van der Waals surface area contributed by atoms with Crippen molar-refractivity contribution < 1.29 is 9.59 Å². The lowest BCUT2D eigenvalue weighted by molar-refractivity contribution is -0.133. The normalized spacial score (nSPS) is 18.6. The molecule has 1 rings (SSSR count). The van der Waals surface area contributed by atoms with Gasteiger partial charge in [-0.2, -0.15) is 0 Å². The van der Waals surface area contributed by atoms with Crippen molar-refractivity contribution in [1.82, 2.24) is 0 Å². The van der Waals surface area contributed by atoms with E-state index in [1.807, 2.05) is 0 Å². The number of hydrogen-bond acceptors (Lipinski definition) is 2. The predicted molar refractivity (Wildman–Crippen MR) is 43.4 cm³/mol. The fourth-order valence-electron chi connectivity index (χ4n) is 0.433. The number of ketones is 1. The molecule has 52 valence electrons. The molecule has 5 heteroatoms. The van der Waals surface area contributed by atoms with Gasteiger partial charge in [0.25, 0.3) is 5.78 Å². The van der Waals surface area contributed by atoms with Crippen LogP contribution in [0.25, 0.3) is 0 Å². The maximum atomic E-state index is 10.7. The Morgan fingerprint density at radius 2 is 1.90 bits per heavy atom. The van der Waals surface area contributed by atoms with Gasteiger partial charge in [0.15, 0.2) is 0 Å². The highest BCUT2D eigenvalue weighted by atomic mass is 79.9. The van der Waals surface area contributed by atoms with Gasteiger partial charge in [-0.15, -0.1) is 0 Å². The van der Waals surface area contributed by atoms with Crippen LogP contribution in [0.15, 0.2) is 14.0 Å². The quantitative estimate of drug-likeness (QED) is 0.618. The van der Waals surface area contributed by atoms with Crippen LogP contribution in [0.3, 0.4) is 0 Å². The molecule has 0 saturated heterocycles. The Bertz CT molecular complexity index is 267. The van der Waals surface area contributed by atoms with Gasteiger partial charge in [0, 0.05) is 6.21 Å². The van der Waals surface area contributed by atoms with Crippen LogP contribution in [0.4, 0.5) is 0 Å². The summed E-state index contributed by atoms with van der Waals surface area (Å²) >= 11 is 5.96. The molecule has 0 radical (unpaired) electrons. The lowest BCUT2D eigenvalue weighted by atomic mass is 10.3. The third-order valence-corrected chi connectivity index (χ3v) is 2.82. The molecule has 0 bridgehead atoms. The molecule has 0 aromatic rings. The van der Waals surface area contributed by atoms with Crippen molar-refractivity contribution >= 4 is 49.8 Å². The van der Waals surface area contributed by atoms with Gasteiger partial charge < -0.3 is 0 Å². The van der Waals surface area contributed by atoms with E-state index in [4.69, 9.17) is 0 Å². The number of amides is 1. The van der Waals surface area contributed by atoms with E-state index in [0.717, 1.165) is 0 Å². The van der Waals surface area contributed by atoms with Crippen LogP contribution in [-0.4, -0.2) is 17.9 Å². The van der Waals surface area contributed by atoms with Gasteiger partial charge in [0.2, 0.25) is 0 Å². The van der Waals surface area contributed by atoms with Crippen molar-refractivity contribution in [2.75, 3.05) is 0 Å². The molecule has 0 unspecified atom stereocenters. The number of carbonyl (C=O) groups excluding carboxylic acids is 2. The van der Waals surface area contributed by atoms with E-state index in [2.05, 4.69) is 36.9 Å². The minimum Gasteiger partial charge on any atom is -0.282 e. The molecule has 1 amide bonds. The van der Waals surface area contributed by atoms with Gasteiger partial charge in [0.05, 0.1) is 8.96 Å². The third-order valence-electron chi connectivity index (χ3n) is 0.898. The SMILES string of the molecule is O=C1N=CC(Br)=C(Br)C1=O. The fraction of sp³-hybridized carbons (Fsp3) is 0. The Morgan fingerprint density at radius 1 is 1.30 bits per heavy atom. The molecule has 1 heterocycles. The first-order chi connectivity index (χ1) is 4.63. The fourth-order valence-corrected chi connectivity index (χ4v) is 0.987. The van der Waals surface area contributed by atoms with Crippen molar-refractivity contribution in [1.29, 1.82) is 0 Å². The molecule has 0 saturated carbocycles. The minimum atomic E-state index is -0.741. The van der Waals surface area contributed by atoms with Crippen molar-refractivity contribution in [3.8, 4) is 0 Å². The first-order valence-electron chi connectivity index (χ1n) is 2.31. The smallest absolute Gasteiger partial charge is 0.282 e. The zero-order valence-corrected chi connectivity index (χ0v) is 7.77. The first-order valence-corrected chi connectivity index (χ1v) is 3.89. The monoisotopic (exact) mass is 265 g/mol. The van der Waals surface area contributed by atoms with E-state index >= 15 is 0 Å². The van der Waals surface area contributed by atoms with Gasteiger partial charge in [-0.3, -0.25) is 9.59 Å². The summed E-state index contributed by atoms with van der Waals surface area (Å²) in [6, 6.07) is 0. The van der Waals surface area contributed by atoms with Gasteiger partial charge in [-0.05, 0) is 31.9 Å². The van der Waals surface area contributed by atoms with Crippen molar-refractivity contribution in [2.45, 2.75) is 0 Å². The lowest BCUT2D eigenvalue weighted by Gasteiger charge is -2.00. The molecule has 0 spiro atoms. The standard InChI is InChI=1S/C5HBr2NO2/c6-2-1-8-5(10)4(9)3(2)7/h1H. The highest BCUT2D eigenvalue weighted by Gasteiger charge is 2.21. The topological polar surface area (TPSA) is 46.5 Å². The lowest BCUT2D eigenvalue weighted by Crippen LogP contribution is -2.15. The number of nitrogens with zero attached hydrogens (tertiary/aromatic N) is 1. The Balaban J connectivity index is 3.11. The van der Waals surface area contributed by atoms with E-state index in [-0.39, 0.29) is 4.48 Å². The highest BCUT2D eigenvalue weighted by molar-refractivity contribution is 9.14. The summed E-state index contributed by atoms with van der Waals surface area (Å²) in [5.41, 5.74) is 0. The van der Waals surface area contributed by atoms with E-state index in [1.165, 1.54) is 6.21 Å². The molecule has 1 aliphatic heterocycles. The van der Waals surface area contributed by atoms with Crippen LogP contribution in [0.2, 0.25) is 0 Å². The summed E-state index contributed by atoms with van der Waals surface area (Å²) in [5, 5.41) is 0. The van der Waals surface area contributed by atoms with Crippen molar-refractivity contribution in [2.24, 2.45) is 4.99 Å². The van der Waals surface area contributed by atoms with Crippen LogP contribution in [0, 0.1) is 0 Å². The summed E-state index contributed by atoms with van der Waals surface area (Å²) < 4.78 is 0.726. The van der Waals surface area contributed by atoms with E-state index in [1.54, 1.807) is 0 Å². The summed E-state index contributed by atoms with van der Waals surface area (Å²) in [6.07, 6.45) is 1.29. The van der Waals surface area contributed by atoms with E-state index < -0.39 is 11.7 Å². The average Bonchev–Trinajstić information content (AvgIpc) is 1.93. The van der Waals surface area contributed by atoms with Crippen LogP contribution in [-0.2, 0) is 9.59 Å². The number of allylic oxidation sites excluding steroid dienone is 1. The Kier molecular flexibility index (Phi) is 2.15. The third kappa shape index (κ3) is 1.24. The number of halogens is 2. The summed E-state index contributed by atoms with van der Waals surface area (Å²) in [5.74, 6) is -1.36. The van der Waals surface area contributed by atoms with Gasteiger partial charge in [0.1, 0.15) is 0 Å². The number of dihydropyridines is 1. The second kappa shape index (κ2) is 2.75. The van der Waals surface area contributed by atoms with Gasteiger partial charge >= 0.3 is 5.91 Å². The number of rotatable bonds is 0. The molecular weight excluding hydrogens is 266 g/mol. The molecular formula is C5HBr2NO2. The zero-order valence-electron chi connectivity index (χ0n) is 4.60. The Hall–Kier alpha value is -0.290. The second-order valence-electron chi connectivity index (χ2n) is 1.55. The molecule has 0 aliphatic carbocycles. The predicted octanol–water partition coefficient (Wildman–Crippen LogP) is 1.17. The molecule has 0 atom stereocenters. The first kappa shape index (κ1) is 7.81. The maximum Gasteiger partial charge on any atom is 0.318 e. The average molecular weight is 267 g/mol. The number of aliphatic imine (C=N–C) groups is 1. The van der Waals surface area contributed by atoms with Crippen LogP contribution < -0.4 is 0 Å². The van der Waals surface area contributed by atoms with Crippen LogP contribution in [0.1, 0.15) is 0 Å². The summed E-state index contributed by atoms with van der Waals surface area (Å²) in [7, 11) is 0. The largest absolute Gasteiger partial charge is 0.318 e. The summed E-state index contributed by atoms with van der Waals surface area (Å²) in [4.78, 5) is 24.5. The summed E-state index contributed by atoms with van der Waals surface area (Å²) in [6.45, 7) is 0. The van der Waals surface area contributed by atoms with Crippen molar-refractivity contribution in [3.05, 3.63) is 8.96 Å². The Morgan fingerprint density at radius 3 is 2.40 bits per heavy atom. The zero-order chi connectivity index (χ0) is 7.72. The molecule has 1 aliphatic rings. The molecule has 0 aromatic heterocycles. The minimum absolute atomic E-state index is 0.229. The molecule has 0 fully saturated rings. The number of hydrogen-bond donors (Lipinski definition) is 0. The molecule has 3 nitrogen and oxygen atoms in total. The number of Topliss-reactive ketones (excluding diaryl/α,β-unsaturated/α-hetero) is 1. The van der Waals surface area contributed by atoms with Crippen molar-refractivity contribution in [3.63, 3.8) is 0 Å². The van der Waals surface area contributed by atoms with Gasteiger partial charge in [-0.1, -0.05) is 0 Å². The van der Waals surface area contributed by atoms with Crippen LogP contribution in [0.5, 0.6) is 0 Å². The highest BCUT2D eigenvalue weighted by Crippen LogP contribution is 2.20.